The van der Waals surface area contributed by atoms with E-state index in [1.807, 2.05) is 76.2 Å². The van der Waals surface area contributed by atoms with Crippen LogP contribution in [-0.2, 0) is 56.0 Å². The molecule has 3 aromatic carbocycles. The first-order valence-electron chi connectivity index (χ1n) is 22.3. The number of carboxylic acid groups (broad SMARTS) is 2. The number of aliphatic carboxylic acids is 2. The summed E-state index contributed by atoms with van der Waals surface area (Å²) in [4.78, 5) is 77.0. The third-order valence-corrected chi connectivity index (χ3v) is 9.64. The lowest BCUT2D eigenvalue weighted by Gasteiger charge is -2.18. The number of nitrogens with one attached hydrogen (secondary N) is 3. The Morgan fingerprint density at radius 3 is 1.13 bits per heavy atom. The molecule has 3 amide bonds. The molecule has 16 heteroatoms. The van der Waals surface area contributed by atoms with Gasteiger partial charge in [0.25, 0.3) is 17.7 Å². The molecule has 0 aromatic heterocycles. The van der Waals surface area contributed by atoms with Crippen molar-refractivity contribution < 1.29 is 63.3 Å². The number of amides is 3. The summed E-state index contributed by atoms with van der Waals surface area (Å²) in [5.74, 6) is -2.13. The van der Waals surface area contributed by atoms with E-state index >= 15 is 0 Å². The van der Waals surface area contributed by atoms with Crippen LogP contribution in [0.4, 0.5) is 0 Å². The van der Waals surface area contributed by atoms with E-state index in [-0.39, 0.29) is 11.8 Å². The summed E-state index contributed by atoms with van der Waals surface area (Å²) in [5.41, 5.74) is 9.87. The number of ether oxygens (including phenoxy) is 2. The number of hydroxylamine groups is 3. The van der Waals surface area contributed by atoms with E-state index in [0.29, 0.717) is 56.3 Å². The Balaban J connectivity index is 0.000000517. The average molecular weight is 946 g/mol. The van der Waals surface area contributed by atoms with E-state index in [9.17, 15) is 28.8 Å². The maximum atomic E-state index is 11.8. The standard InChI is InChI=1S/C21H31NO5.C16H21NO4.C15H19NO4/c1-15(2)14-26-16(3)27-22-19(23)11-10-17-6-8-18(9-7-17)12-13-21(4,5)20(24)25;1-12(2)11-20-13(3)21-17-16(19)9-8-14-4-6-15(10-18)7-5-14;1-15(2,14(18)19)10-9-12-5-3-11(4-6-12)7-8-13(17)16-20/h6-11,15-16H,12-14H2,1-5H3,(H,22,23)(H,24,25);4-10,12-13H,11H2,1-3H3,(H,17,19);3-8,20H,9-10H2,1-2H3,(H,16,17)(H,18,19)/b11-10+;9-8+;8-7+. The number of carbonyl (C=O) groups excluding carboxylic acids is 4. The van der Waals surface area contributed by atoms with Gasteiger partial charge < -0.3 is 19.7 Å². The quantitative estimate of drug-likeness (QED) is 0.0154. The Bertz CT molecular complexity index is 2090. The van der Waals surface area contributed by atoms with Gasteiger partial charge in [0.2, 0.25) is 0 Å². The topological polar surface area (TPSA) is 236 Å². The molecular formula is C52H71N3O13. The van der Waals surface area contributed by atoms with Crippen molar-refractivity contribution in [2.24, 2.45) is 22.7 Å². The molecule has 372 valence electrons. The van der Waals surface area contributed by atoms with Gasteiger partial charge in [-0.15, -0.1) is 0 Å². The van der Waals surface area contributed by atoms with Crippen LogP contribution in [0.15, 0.2) is 91.0 Å². The van der Waals surface area contributed by atoms with Crippen molar-refractivity contribution in [3.63, 3.8) is 0 Å². The molecule has 0 aliphatic heterocycles. The molecule has 6 N–H and O–H groups in total. The van der Waals surface area contributed by atoms with Gasteiger partial charge in [-0.1, -0.05) is 100 Å². The fraction of sp³-hybridized carbons (Fsp3) is 0.423. The Hall–Kier alpha value is -6.30. The molecule has 3 rings (SSSR count). The van der Waals surface area contributed by atoms with Gasteiger partial charge >= 0.3 is 11.9 Å². The van der Waals surface area contributed by atoms with Crippen molar-refractivity contribution in [2.45, 2.75) is 108 Å². The van der Waals surface area contributed by atoms with Crippen LogP contribution in [-0.4, -0.2) is 77.2 Å². The molecule has 2 atom stereocenters. The maximum absolute atomic E-state index is 11.8. The Kier molecular flexibility index (Phi) is 27.8. The number of aryl methyl sites for hydroxylation is 2. The van der Waals surface area contributed by atoms with E-state index < -0.39 is 41.3 Å². The summed E-state index contributed by atoms with van der Waals surface area (Å²) >= 11 is 0. The van der Waals surface area contributed by atoms with Crippen LogP contribution in [0.5, 0.6) is 0 Å². The normalized spacial score (nSPS) is 12.5. The van der Waals surface area contributed by atoms with Crippen LogP contribution >= 0.6 is 0 Å². The lowest BCUT2D eigenvalue weighted by Crippen LogP contribution is -2.29. The summed E-state index contributed by atoms with van der Waals surface area (Å²) in [7, 11) is 0. The number of rotatable bonds is 25. The third-order valence-electron chi connectivity index (χ3n) is 9.64. The second kappa shape index (κ2) is 31.6. The number of benzene rings is 3. The lowest BCUT2D eigenvalue weighted by atomic mass is 9.86. The van der Waals surface area contributed by atoms with Crippen molar-refractivity contribution in [3.05, 3.63) is 124 Å². The minimum absolute atomic E-state index is 0.373. The second-order valence-corrected chi connectivity index (χ2v) is 17.9. The fourth-order valence-corrected chi connectivity index (χ4v) is 5.03. The molecule has 0 heterocycles. The van der Waals surface area contributed by atoms with Gasteiger partial charge in [0.1, 0.15) is 6.29 Å². The summed E-state index contributed by atoms with van der Waals surface area (Å²) in [6.07, 6.45) is 11.1. The predicted octanol–water partition coefficient (Wildman–Crippen LogP) is 8.64. The third kappa shape index (κ3) is 27.4. The molecular weight excluding hydrogens is 875 g/mol. The summed E-state index contributed by atoms with van der Waals surface area (Å²) in [6.45, 7) is 19.6. The van der Waals surface area contributed by atoms with Gasteiger partial charge in [-0.3, -0.25) is 34.0 Å². The van der Waals surface area contributed by atoms with Gasteiger partial charge in [-0.25, -0.2) is 26.1 Å². The first-order chi connectivity index (χ1) is 32.0. The number of aldehydes is 1. The van der Waals surface area contributed by atoms with Crippen molar-refractivity contribution in [2.75, 3.05) is 13.2 Å². The van der Waals surface area contributed by atoms with Crippen LogP contribution in [0.2, 0.25) is 0 Å². The monoisotopic (exact) mass is 945 g/mol. The van der Waals surface area contributed by atoms with Gasteiger partial charge in [-0.05, 0) is 125 Å². The van der Waals surface area contributed by atoms with Crippen molar-refractivity contribution in [3.8, 4) is 0 Å². The molecule has 0 spiro atoms. The van der Waals surface area contributed by atoms with Crippen molar-refractivity contribution in [1.82, 2.24) is 16.4 Å². The van der Waals surface area contributed by atoms with Crippen LogP contribution in [0.3, 0.4) is 0 Å². The molecule has 0 saturated heterocycles. The van der Waals surface area contributed by atoms with E-state index in [0.717, 1.165) is 34.1 Å². The zero-order valence-corrected chi connectivity index (χ0v) is 40.9. The average Bonchev–Trinajstić information content (AvgIpc) is 3.31. The number of carboxylic acids is 2. The summed E-state index contributed by atoms with van der Waals surface area (Å²) in [6, 6.07) is 22.0. The zero-order chi connectivity index (χ0) is 51.3. The molecule has 0 radical (unpaired) electrons. The minimum atomic E-state index is -0.799. The predicted molar refractivity (Wildman–Crippen MR) is 260 cm³/mol. The summed E-state index contributed by atoms with van der Waals surface area (Å²) < 4.78 is 10.7. The Morgan fingerprint density at radius 2 is 0.838 bits per heavy atom. The molecule has 0 bridgehead atoms. The second-order valence-electron chi connectivity index (χ2n) is 17.9. The lowest BCUT2D eigenvalue weighted by molar-refractivity contribution is -0.180. The van der Waals surface area contributed by atoms with E-state index in [2.05, 4.69) is 11.0 Å². The van der Waals surface area contributed by atoms with Crippen LogP contribution in [0.25, 0.3) is 18.2 Å². The molecule has 0 fully saturated rings. The highest BCUT2D eigenvalue weighted by Gasteiger charge is 2.27. The highest BCUT2D eigenvalue weighted by atomic mass is 16.8. The van der Waals surface area contributed by atoms with Crippen molar-refractivity contribution >= 4 is 54.2 Å². The van der Waals surface area contributed by atoms with Crippen molar-refractivity contribution in [1.29, 1.82) is 0 Å². The van der Waals surface area contributed by atoms with E-state index in [1.165, 1.54) is 23.7 Å². The largest absolute Gasteiger partial charge is 0.481 e. The SMILES string of the molecule is CC(C)(CCc1ccc(/C=C/C(=O)NO)cc1)C(=O)O.CC(C)COC(C)ONC(=O)/C=C/c1ccc(C=O)cc1.CC(C)COC(C)ONC(=O)/C=C/c1ccc(CCC(C)(C)C(=O)O)cc1. The van der Waals surface area contributed by atoms with Crippen LogP contribution in [0.1, 0.15) is 120 Å². The smallest absolute Gasteiger partial charge is 0.309 e. The molecule has 0 aliphatic rings. The highest BCUT2D eigenvalue weighted by Crippen LogP contribution is 2.24. The molecule has 2 unspecified atom stereocenters. The van der Waals surface area contributed by atoms with Crippen LogP contribution in [0, 0.1) is 22.7 Å². The van der Waals surface area contributed by atoms with Gasteiger partial charge in [0, 0.05) is 23.8 Å². The first kappa shape index (κ1) is 59.7. The highest BCUT2D eigenvalue weighted by molar-refractivity contribution is 5.92. The Morgan fingerprint density at radius 1 is 0.529 bits per heavy atom. The molecule has 68 heavy (non-hydrogen) atoms. The van der Waals surface area contributed by atoms with E-state index in [4.69, 9.17) is 34.6 Å². The molecule has 0 aliphatic carbocycles. The summed E-state index contributed by atoms with van der Waals surface area (Å²) in [5, 5.41) is 26.5. The van der Waals surface area contributed by atoms with Gasteiger partial charge in [0.05, 0.1) is 24.0 Å². The van der Waals surface area contributed by atoms with E-state index in [1.54, 1.807) is 84.0 Å². The van der Waals surface area contributed by atoms with Gasteiger partial charge in [0.15, 0.2) is 12.6 Å². The maximum Gasteiger partial charge on any atom is 0.309 e. The van der Waals surface area contributed by atoms with Crippen LogP contribution < -0.4 is 16.4 Å². The molecule has 0 saturated carbocycles. The number of hydrogen-bond acceptors (Lipinski definition) is 11. The molecule has 16 nitrogen and oxygen atoms in total. The van der Waals surface area contributed by atoms with Gasteiger partial charge in [-0.2, -0.15) is 0 Å². The number of carbonyl (C=O) groups is 6. The zero-order valence-electron chi connectivity index (χ0n) is 40.9. The Labute approximate surface area is 400 Å². The minimum Gasteiger partial charge on any atom is -0.481 e. The number of hydrogen-bond donors (Lipinski definition) is 6. The fourth-order valence-electron chi connectivity index (χ4n) is 5.03. The molecule has 3 aromatic rings. The first-order valence-corrected chi connectivity index (χ1v) is 22.3.